The molecule has 0 aliphatic rings. The van der Waals surface area contributed by atoms with Crippen LogP contribution in [0.3, 0.4) is 0 Å². The lowest BCUT2D eigenvalue weighted by atomic mass is 10.2. The molecule has 0 aliphatic carbocycles. The van der Waals surface area contributed by atoms with Crippen molar-refractivity contribution >= 4 is 0 Å². The van der Waals surface area contributed by atoms with E-state index in [1.807, 2.05) is 19.3 Å². The summed E-state index contributed by atoms with van der Waals surface area (Å²) < 4.78 is 2.11. The van der Waals surface area contributed by atoms with E-state index in [0.717, 1.165) is 13.0 Å². The molecule has 0 aliphatic heterocycles. The van der Waals surface area contributed by atoms with Crippen LogP contribution >= 0.6 is 0 Å². The molecule has 2 heteroatoms. The van der Waals surface area contributed by atoms with Crippen molar-refractivity contribution in [1.29, 1.82) is 0 Å². The van der Waals surface area contributed by atoms with E-state index in [2.05, 4.69) is 28.8 Å². The Balaban J connectivity index is 2.36. The van der Waals surface area contributed by atoms with Gasteiger partial charge in [0.25, 0.3) is 0 Å². The average Bonchev–Trinajstić information content (AvgIpc) is 2.48. The van der Waals surface area contributed by atoms with E-state index in [1.165, 1.54) is 5.69 Å². The second kappa shape index (κ2) is 4.74. The van der Waals surface area contributed by atoms with Gasteiger partial charge in [0.1, 0.15) is 0 Å². The van der Waals surface area contributed by atoms with Crippen LogP contribution in [0.1, 0.15) is 19.0 Å². The number of nitrogens with zero attached hydrogens (tertiary/aromatic N) is 1. The van der Waals surface area contributed by atoms with Crippen molar-refractivity contribution in [2.75, 3.05) is 0 Å². The smallest absolute Gasteiger partial charge is 0.0361 e. The zero-order valence-electron chi connectivity index (χ0n) is 8.25. The fourth-order valence-electron chi connectivity index (χ4n) is 1.21. The van der Waals surface area contributed by atoms with Crippen LogP contribution in [0.25, 0.3) is 0 Å². The van der Waals surface area contributed by atoms with Gasteiger partial charge in [-0.25, -0.2) is 0 Å². The number of hydrogen-bond acceptors (Lipinski definition) is 1. The molecule has 1 atom stereocenters. The van der Waals surface area contributed by atoms with E-state index < -0.39 is 0 Å². The molecule has 13 heavy (non-hydrogen) atoms. The summed E-state index contributed by atoms with van der Waals surface area (Å²) in [4.78, 5) is 0. The Labute approximate surface area is 80.0 Å². The number of aryl methyl sites for hydroxylation is 1. The van der Waals surface area contributed by atoms with Crippen molar-refractivity contribution in [2.24, 2.45) is 7.05 Å². The number of rotatable bonds is 4. The maximum Gasteiger partial charge on any atom is 0.0361 e. The second-order valence-corrected chi connectivity index (χ2v) is 3.30. The first-order valence-electron chi connectivity index (χ1n) is 4.51. The van der Waals surface area contributed by atoms with Gasteiger partial charge in [-0.15, -0.1) is 12.3 Å². The molecule has 0 saturated heterocycles. The maximum atomic E-state index is 5.21. The zero-order valence-corrected chi connectivity index (χ0v) is 8.25. The standard InChI is InChI=1S/C11H16N2/c1-4-6-10(2)12-9-11-7-5-8-13(11)3/h1,5,7-8,10,12H,6,9H2,2-3H3. The van der Waals surface area contributed by atoms with Crippen molar-refractivity contribution in [3.8, 4) is 12.3 Å². The van der Waals surface area contributed by atoms with E-state index in [-0.39, 0.29) is 0 Å². The van der Waals surface area contributed by atoms with Gasteiger partial charge in [0.2, 0.25) is 0 Å². The van der Waals surface area contributed by atoms with E-state index in [4.69, 9.17) is 6.42 Å². The molecule has 0 radical (unpaired) electrons. The first kappa shape index (κ1) is 9.88. The van der Waals surface area contributed by atoms with Gasteiger partial charge in [0.15, 0.2) is 0 Å². The number of aromatic nitrogens is 1. The lowest BCUT2D eigenvalue weighted by molar-refractivity contribution is 0.545. The highest BCUT2D eigenvalue weighted by atomic mass is 15.0. The first-order valence-corrected chi connectivity index (χ1v) is 4.51. The van der Waals surface area contributed by atoms with Crippen molar-refractivity contribution in [1.82, 2.24) is 9.88 Å². The third-order valence-corrected chi connectivity index (χ3v) is 2.11. The molecule has 1 aromatic heterocycles. The topological polar surface area (TPSA) is 17.0 Å². The monoisotopic (exact) mass is 176 g/mol. The summed E-state index contributed by atoms with van der Waals surface area (Å²) in [6, 6.07) is 4.54. The van der Waals surface area contributed by atoms with Crippen molar-refractivity contribution in [3.05, 3.63) is 24.0 Å². The predicted molar refractivity (Wildman–Crippen MR) is 55.2 cm³/mol. The molecule has 0 bridgehead atoms. The normalized spacial score (nSPS) is 12.4. The van der Waals surface area contributed by atoms with Crippen LogP contribution in [0.5, 0.6) is 0 Å². The highest BCUT2D eigenvalue weighted by molar-refractivity contribution is 5.06. The van der Waals surface area contributed by atoms with Crippen LogP contribution in [0.4, 0.5) is 0 Å². The summed E-state index contributed by atoms with van der Waals surface area (Å²) >= 11 is 0. The van der Waals surface area contributed by atoms with Crippen LogP contribution in [-0.4, -0.2) is 10.6 Å². The third kappa shape index (κ3) is 2.96. The molecule has 0 spiro atoms. The van der Waals surface area contributed by atoms with E-state index in [0.29, 0.717) is 6.04 Å². The van der Waals surface area contributed by atoms with Gasteiger partial charge in [-0.05, 0) is 19.1 Å². The number of nitrogens with one attached hydrogen (secondary N) is 1. The van der Waals surface area contributed by atoms with Crippen molar-refractivity contribution in [3.63, 3.8) is 0 Å². The quantitative estimate of drug-likeness (QED) is 0.688. The van der Waals surface area contributed by atoms with Crippen LogP contribution < -0.4 is 5.32 Å². The fraction of sp³-hybridized carbons (Fsp3) is 0.455. The molecule has 1 heterocycles. The van der Waals surface area contributed by atoms with E-state index in [9.17, 15) is 0 Å². The maximum absolute atomic E-state index is 5.21. The molecule has 0 saturated carbocycles. The second-order valence-electron chi connectivity index (χ2n) is 3.30. The van der Waals surface area contributed by atoms with Crippen LogP contribution in [0.2, 0.25) is 0 Å². The van der Waals surface area contributed by atoms with E-state index in [1.54, 1.807) is 0 Å². The van der Waals surface area contributed by atoms with Gasteiger partial charge in [-0.3, -0.25) is 0 Å². The van der Waals surface area contributed by atoms with Crippen molar-refractivity contribution in [2.45, 2.75) is 25.9 Å². The third-order valence-electron chi connectivity index (χ3n) is 2.11. The molecule has 1 N–H and O–H groups in total. The predicted octanol–water partition coefficient (Wildman–Crippen LogP) is 1.53. The van der Waals surface area contributed by atoms with Gasteiger partial charge < -0.3 is 9.88 Å². The molecule has 0 aromatic carbocycles. The Morgan fingerprint density at radius 3 is 3.00 bits per heavy atom. The molecule has 1 unspecified atom stereocenters. The van der Waals surface area contributed by atoms with Gasteiger partial charge in [0, 0.05) is 37.9 Å². The lowest BCUT2D eigenvalue weighted by Crippen LogP contribution is -2.25. The molecular formula is C11H16N2. The molecule has 0 amide bonds. The molecular weight excluding hydrogens is 160 g/mol. The Bertz CT molecular complexity index is 293. The van der Waals surface area contributed by atoms with Crippen LogP contribution in [-0.2, 0) is 13.6 Å². The average molecular weight is 176 g/mol. The number of terminal acetylenes is 1. The van der Waals surface area contributed by atoms with Gasteiger partial charge in [-0.2, -0.15) is 0 Å². The summed E-state index contributed by atoms with van der Waals surface area (Å²) in [5, 5.41) is 3.36. The summed E-state index contributed by atoms with van der Waals surface area (Å²) in [7, 11) is 2.04. The SMILES string of the molecule is C#CCC(C)NCc1cccn1C. The van der Waals surface area contributed by atoms with Crippen LogP contribution in [0, 0.1) is 12.3 Å². The van der Waals surface area contributed by atoms with Gasteiger partial charge in [-0.1, -0.05) is 0 Å². The summed E-state index contributed by atoms with van der Waals surface area (Å²) in [6.45, 7) is 2.98. The fourth-order valence-corrected chi connectivity index (χ4v) is 1.21. The minimum absolute atomic E-state index is 0.389. The molecule has 70 valence electrons. The molecule has 2 nitrogen and oxygen atoms in total. The molecule has 1 rings (SSSR count). The Morgan fingerprint density at radius 2 is 2.46 bits per heavy atom. The summed E-state index contributed by atoms with van der Waals surface area (Å²) in [6.07, 6.45) is 8.04. The van der Waals surface area contributed by atoms with E-state index >= 15 is 0 Å². The largest absolute Gasteiger partial charge is 0.353 e. The lowest BCUT2D eigenvalue weighted by Gasteiger charge is -2.10. The number of hydrogen-bond donors (Lipinski definition) is 1. The minimum atomic E-state index is 0.389. The zero-order chi connectivity index (χ0) is 9.68. The highest BCUT2D eigenvalue weighted by Gasteiger charge is 2.00. The Hall–Kier alpha value is -1.20. The Morgan fingerprint density at radius 1 is 1.69 bits per heavy atom. The van der Waals surface area contributed by atoms with Gasteiger partial charge in [0.05, 0.1) is 0 Å². The summed E-state index contributed by atoms with van der Waals surface area (Å²) in [5.74, 6) is 2.64. The first-order chi connectivity index (χ1) is 6.24. The minimum Gasteiger partial charge on any atom is -0.353 e. The molecule has 0 fully saturated rings. The Kier molecular flexibility index (Phi) is 3.60. The van der Waals surface area contributed by atoms with Crippen molar-refractivity contribution < 1.29 is 0 Å². The molecule has 1 aromatic rings. The highest BCUT2D eigenvalue weighted by Crippen LogP contribution is 1.99. The summed E-state index contributed by atoms with van der Waals surface area (Å²) in [5.41, 5.74) is 1.28. The van der Waals surface area contributed by atoms with Crippen LogP contribution in [0.15, 0.2) is 18.3 Å². The van der Waals surface area contributed by atoms with Gasteiger partial charge >= 0.3 is 0 Å².